The number of anilines is 1. The average Bonchev–Trinajstić information content (AvgIpc) is 3.23. The van der Waals surface area contributed by atoms with Crippen LogP contribution in [0.3, 0.4) is 0 Å². The van der Waals surface area contributed by atoms with Crippen LogP contribution in [-0.4, -0.2) is 39.0 Å². The Labute approximate surface area is 158 Å². The molecule has 10 heteroatoms. The second-order valence-electron chi connectivity index (χ2n) is 5.77. The number of nitrogens with zero attached hydrogens (tertiary/aromatic N) is 1. The van der Waals surface area contributed by atoms with Crippen molar-refractivity contribution in [3.8, 4) is 17.2 Å². The number of thiazole rings is 1. The monoisotopic (exact) mass is 406 g/mol. The first-order valence-electron chi connectivity index (χ1n) is 7.81. The van der Waals surface area contributed by atoms with Crippen LogP contribution in [0.4, 0.5) is 5.13 Å². The van der Waals surface area contributed by atoms with Crippen molar-refractivity contribution in [2.45, 2.75) is 4.90 Å². The van der Waals surface area contributed by atoms with Crippen LogP contribution < -0.4 is 19.5 Å². The highest BCUT2D eigenvalue weighted by Gasteiger charge is 2.15. The van der Waals surface area contributed by atoms with Crippen LogP contribution in [0.5, 0.6) is 17.2 Å². The molecule has 2 aromatic carbocycles. The maximum atomic E-state index is 12.1. The number of amides is 1. The third-order valence-electron chi connectivity index (χ3n) is 3.75. The summed E-state index contributed by atoms with van der Waals surface area (Å²) in [5.41, 5.74) is 0.611. The fraction of sp³-hybridized carbons (Fsp3) is 0.176. The lowest BCUT2D eigenvalue weighted by Crippen LogP contribution is -2.19. The summed E-state index contributed by atoms with van der Waals surface area (Å²) in [6, 6.07) is 9.70. The van der Waals surface area contributed by atoms with Crippen molar-refractivity contribution < 1.29 is 27.4 Å². The largest absolute Gasteiger partial charge is 0.484 e. The third-order valence-corrected chi connectivity index (χ3v) is 5.79. The Morgan fingerprint density at radius 2 is 2.04 bits per heavy atom. The number of benzene rings is 2. The molecule has 0 radical (unpaired) electrons. The molecule has 0 atom stereocenters. The van der Waals surface area contributed by atoms with E-state index in [1.165, 1.54) is 17.4 Å². The fourth-order valence-electron chi connectivity index (χ4n) is 2.46. The predicted octanol–water partition coefficient (Wildman–Crippen LogP) is 2.45. The van der Waals surface area contributed by atoms with Crippen LogP contribution in [0.25, 0.3) is 10.2 Å². The molecule has 27 heavy (non-hydrogen) atoms. The zero-order chi connectivity index (χ0) is 19.0. The van der Waals surface area contributed by atoms with Gasteiger partial charge in [0, 0.05) is 12.3 Å². The molecule has 1 aromatic heterocycles. The molecule has 0 aliphatic carbocycles. The van der Waals surface area contributed by atoms with E-state index in [2.05, 4.69) is 10.3 Å². The van der Waals surface area contributed by atoms with Gasteiger partial charge >= 0.3 is 0 Å². The molecule has 3 aromatic rings. The van der Waals surface area contributed by atoms with Gasteiger partial charge in [-0.3, -0.25) is 10.1 Å². The maximum absolute atomic E-state index is 12.1. The number of sulfone groups is 1. The van der Waals surface area contributed by atoms with E-state index in [9.17, 15) is 13.2 Å². The quantitative estimate of drug-likeness (QED) is 0.694. The van der Waals surface area contributed by atoms with Crippen LogP contribution >= 0.6 is 11.3 Å². The van der Waals surface area contributed by atoms with Crippen LogP contribution in [0.2, 0.25) is 0 Å². The van der Waals surface area contributed by atoms with Gasteiger partial charge in [0.05, 0.1) is 15.1 Å². The smallest absolute Gasteiger partial charge is 0.264 e. The van der Waals surface area contributed by atoms with Gasteiger partial charge in [-0.1, -0.05) is 11.3 Å². The summed E-state index contributed by atoms with van der Waals surface area (Å²) in [5.74, 6) is 1.31. The van der Waals surface area contributed by atoms with Crippen molar-refractivity contribution in [1.29, 1.82) is 0 Å². The van der Waals surface area contributed by atoms with E-state index < -0.39 is 9.84 Å². The normalized spacial score (nSPS) is 12.9. The minimum Gasteiger partial charge on any atom is -0.484 e. The lowest BCUT2D eigenvalue weighted by atomic mass is 10.3. The molecule has 1 aliphatic rings. The summed E-state index contributed by atoms with van der Waals surface area (Å²) in [6.45, 7) is -0.0396. The lowest BCUT2D eigenvalue weighted by Gasteiger charge is -2.06. The highest BCUT2D eigenvalue weighted by Crippen LogP contribution is 2.35. The molecule has 1 N–H and O–H groups in total. The SMILES string of the molecule is CS(=O)(=O)c1ccc2nc(NC(=O)COc3ccc4c(c3)OCO4)sc2c1. The maximum Gasteiger partial charge on any atom is 0.264 e. The molecule has 4 rings (SSSR count). The molecule has 140 valence electrons. The van der Waals surface area contributed by atoms with Crippen molar-refractivity contribution in [2.75, 3.05) is 25.0 Å². The van der Waals surface area contributed by atoms with Gasteiger partial charge in [0.1, 0.15) is 5.75 Å². The second-order valence-corrected chi connectivity index (χ2v) is 8.82. The van der Waals surface area contributed by atoms with Crippen LogP contribution in [0.15, 0.2) is 41.3 Å². The molecule has 0 spiro atoms. The fourth-order valence-corrected chi connectivity index (χ4v) is 4.10. The topological polar surface area (TPSA) is 104 Å². The Morgan fingerprint density at radius 1 is 1.22 bits per heavy atom. The van der Waals surface area contributed by atoms with Gasteiger partial charge in [-0.2, -0.15) is 0 Å². The Kier molecular flexibility index (Phi) is 4.36. The number of aromatic nitrogens is 1. The minimum atomic E-state index is -3.30. The van der Waals surface area contributed by atoms with Gasteiger partial charge in [0.2, 0.25) is 6.79 Å². The highest BCUT2D eigenvalue weighted by molar-refractivity contribution is 7.90. The first kappa shape index (κ1) is 17.6. The number of nitrogens with one attached hydrogen (secondary N) is 1. The van der Waals surface area contributed by atoms with Gasteiger partial charge in [0.25, 0.3) is 5.91 Å². The summed E-state index contributed by atoms with van der Waals surface area (Å²) in [7, 11) is -3.30. The van der Waals surface area contributed by atoms with E-state index in [4.69, 9.17) is 14.2 Å². The second kappa shape index (κ2) is 6.71. The van der Waals surface area contributed by atoms with Gasteiger partial charge in [0.15, 0.2) is 33.1 Å². The number of carbonyl (C=O) groups excluding carboxylic acids is 1. The third kappa shape index (κ3) is 3.81. The lowest BCUT2D eigenvalue weighted by molar-refractivity contribution is -0.118. The van der Waals surface area contributed by atoms with Crippen molar-refractivity contribution in [1.82, 2.24) is 4.98 Å². The summed E-state index contributed by atoms with van der Waals surface area (Å²) in [4.78, 5) is 16.6. The first-order chi connectivity index (χ1) is 12.9. The van der Waals surface area contributed by atoms with Crippen molar-refractivity contribution >= 4 is 42.4 Å². The van der Waals surface area contributed by atoms with E-state index in [0.717, 1.165) is 6.26 Å². The van der Waals surface area contributed by atoms with Crippen LogP contribution in [0, 0.1) is 0 Å². The molecule has 0 bridgehead atoms. The molecule has 2 heterocycles. The summed E-state index contributed by atoms with van der Waals surface area (Å²) in [5, 5.41) is 3.02. The molecule has 0 fully saturated rings. The number of ether oxygens (including phenoxy) is 3. The zero-order valence-electron chi connectivity index (χ0n) is 14.1. The Hall–Kier alpha value is -2.85. The number of hydrogen-bond acceptors (Lipinski definition) is 8. The van der Waals surface area contributed by atoms with Crippen molar-refractivity contribution in [3.63, 3.8) is 0 Å². The average molecular weight is 406 g/mol. The molecular formula is C17H14N2O6S2. The van der Waals surface area contributed by atoms with E-state index in [1.807, 2.05) is 0 Å². The van der Waals surface area contributed by atoms with Crippen LogP contribution in [-0.2, 0) is 14.6 Å². The molecule has 1 amide bonds. The standard InChI is InChI=1S/C17H14N2O6S2/c1-27(21,22)11-3-4-12-15(7-11)26-17(18-12)19-16(20)8-23-10-2-5-13-14(6-10)25-9-24-13/h2-7H,8-9H2,1H3,(H,18,19,20). The first-order valence-corrected chi connectivity index (χ1v) is 10.5. The predicted molar refractivity (Wildman–Crippen MR) is 99.4 cm³/mol. The molecule has 8 nitrogen and oxygen atoms in total. The highest BCUT2D eigenvalue weighted by atomic mass is 32.2. The number of fused-ring (bicyclic) bond motifs is 2. The Bertz CT molecular complexity index is 1140. The number of rotatable bonds is 5. The van der Waals surface area contributed by atoms with Gasteiger partial charge in [-0.25, -0.2) is 13.4 Å². The van der Waals surface area contributed by atoms with Crippen molar-refractivity contribution in [3.05, 3.63) is 36.4 Å². The van der Waals surface area contributed by atoms with Gasteiger partial charge in [-0.05, 0) is 30.3 Å². The van der Waals surface area contributed by atoms with Crippen molar-refractivity contribution in [2.24, 2.45) is 0 Å². The molecular weight excluding hydrogens is 392 g/mol. The number of hydrogen-bond donors (Lipinski definition) is 1. The van der Waals surface area contributed by atoms with E-state index >= 15 is 0 Å². The van der Waals surface area contributed by atoms with E-state index in [0.29, 0.717) is 32.6 Å². The van der Waals surface area contributed by atoms with Gasteiger partial charge in [-0.15, -0.1) is 0 Å². The Balaban J connectivity index is 1.42. The summed E-state index contributed by atoms with van der Waals surface area (Å²) >= 11 is 1.19. The Morgan fingerprint density at radius 3 is 2.85 bits per heavy atom. The molecule has 0 saturated carbocycles. The number of carbonyl (C=O) groups is 1. The van der Waals surface area contributed by atoms with E-state index in [1.54, 1.807) is 30.3 Å². The molecule has 0 unspecified atom stereocenters. The molecule has 0 saturated heterocycles. The molecule has 1 aliphatic heterocycles. The zero-order valence-corrected chi connectivity index (χ0v) is 15.7. The van der Waals surface area contributed by atoms with E-state index in [-0.39, 0.29) is 24.2 Å². The van der Waals surface area contributed by atoms with Gasteiger partial charge < -0.3 is 14.2 Å². The minimum absolute atomic E-state index is 0.165. The summed E-state index contributed by atoms with van der Waals surface area (Å²) < 4.78 is 39.9. The summed E-state index contributed by atoms with van der Waals surface area (Å²) in [6.07, 6.45) is 1.14. The van der Waals surface area contributed by atoms with Crippen LogP contribution in [0.1, 0.15) is 0 Å².